The smallest absolute Gasteiger partial charge is 0.273 e. The fraction of sp³-hybridized carbons (Fsp3) is 0.500. The summed E-state index contributed by atoms with van der Waals surface area (Å²) < 4.78 is 5.06. The van der Waals surface area contributed by atoms with Crippen LogP contribution in [0.2, 0.25) is 0 Å². The molecule has 2 atom stereocenters. The molecule has 0 radical (unpaired) electrons. The summed E-state index contributed by atoms with van der Waals surface area (Å²) >= 11 is 0. The van der Waals surface area contributed by atoms with Crippen LogP contribution in [0.5, 0.6) is 0 Å². The highest BCUT2D eigenvalue weighted by molar-refractivity contribution is 5.96. The molecular weight excluding hydrogens is 268 g/mol. The number of aryl methyl sites for hydroxylation is 1. The lowest BCUT2D eigenvalue weighted by Crippen LogP contribution is -2.43. The summed E-state index contributed by atoms with van der Waals surface area (Å²) in [4.78, 5) is 24.1. The van der Waals surface area contributed by atoms with Crippen molar-refractivity contribution in [3.8, 4) is 0 Å². The van der Waals surface area contributed by atoms with Gasteiger partial charge in [-0.15, -0.1) is 0 Å². The zero-order chi connectivity index (χ0) is 15.8. The number of amides is 2. The van der Waals surface area contributed by atoms with Crippen molar-refractivity contribution >= 4 is 11.8 Å². The molecule has 1 fully saturated rings. The van der Waals surface area contributed by atoms with Gasteiger partial charge in [-0.3, -0.25) is 20.4 Å². The molecule has 1 aromatic heterocycles. The van der Waals surface area contributed by atoms with Crippen LogP contribution < -0.4 is 10.9 Å². The second kappa shape index (κ2) is 5.39. The van der Waals surface area contributed by atoms with Crippen LogP contribution in [0.4, 0.5) is 0 Å². The van der Waals surface area contributed by atoms with Crippen LogP contribution in [-0.2, 0) is 4.79 Å². The molecule has 1 heterocycles. The summed E-state index contributed by atoms with van der Waals surface area (Å²) in [5.41, 5.74) is 6.50. The van der Waals surface area contributed by atoms with E-state index in [0.29, 0.717) is 11.3 Å². The van der Waals surface area contributed by atoms with E-state index in [0.717, 1.165) is 0 Å². The Morgan fingerprint density at radius 2 is 1.95 bits per heavy atom. The highest BCUT2D eigenvalue weighted by Crippen LogP contribution is 2.59. The molecule has 0 aromatic carbocycles. The van der Waals surface area contributed by atoms with Crippen molar-refractivity contribution in [1.29, 1.82) is 0 Å². The minimum absolute atomic E-state index is 0.0718. The zero-order valence-electron chi connectivity index (χ0n) is 13.1. The maximum Gasteiger partial charge on any atom is 0.273 e. The molecule has 1 aromatic rings. The summed E-state index contributed by atoms with van der Waals surface area (Å²) in [6, 6.07) is 1.57. The third-order valence-electron chi connectivity index (χ3n) is 4.11. The summed E-state index contributed by atoms with van der Waals surface area (Å²) in [6.45, 7) is 9.86. The van der Waals surface area contributed by atoms with Gasteiger partial charge in [-0.2, -0.15) is 0 Å². The Morgan fingerprint density at radius 1 is 1.29 bits per heavy atom. The standard InChI is InChI=1S/C16H22N2O3/c1-9(2)8-12-13(16(12,4)5)15(20)18-17-14(19)11-6-7-21-10(11)3/h6-8,12-13H,1-5H3,(H,17,19)(H,18,20)/t12-,13-/m0/s1. The third-order valence-corrected chi connectivity index (χ3v) is 4.11. The number of rotatable bonds is 3. The van der Waals surface area contributed by atoms with E-state index in [1.807, 2.05) is 13.8 Å². The second-order valence-corrected chi connectivity index (χ2v) is 6.40. The van der Waals surface area contributed by atoms with Crippen molar-refractivity contribution in [1.82, 2.24) is 10.9 Å². The molecule has 5 nitrogen and oxygen atoms in total. The van der Waals surface area contributed by atoms with Crippen LogP contribution in [0.15, 0.2) is 28.4 Å². The number of furan rings is 1. The molecule has 0 unspecified atom stereocenters. The second-order valence-electron chi connectivity index (χ2n) is 6.40. The first kappa shape index (κ1) is 15.4. The number of carbonyl (C=O) groups excluding carboxylic acids is 2. The summed E-state index contributed by atoms with van der Waals surface area (Å²) in [6.07, 6.45) is 3.56. The lowest BCUT2D eigenvalue weighted by Gasteiger charge is -2.07. The van der Waals surface area contributed by atoms with Gasteiger partial charge in [0, 0.05) is 0 Å². The van der Waals surface area contributed by atoms with Gasteiger partial charge in [0.15, 0.2) is 0 Å². The van der Waals surface area contributed by atoms with Crippen LogP contribution in [0, 0.1) is 24.2 Å². The van der Waals surface area contributed by atoms with E-state index in [9.17, 15) is 9.59 Å². The molecule has 21 heavy (non-hydrogen) atoms. The minimum Gasteiger partial charge on any atom is -0.469 e. The molecule has 114 valence electrons. The number of nitrogens with one attached hydrogen (secondary N) is 2. The highest BCUT2D eigenvalue weighted by Gasteiger charge is 2.60. The molecule has 1 saturated carbocycles. The van der Waals surface area contributed by atoms with Crippen molar-refractivity contribution in [2.24, 2.45) is 17.3 Å². The zero-order valence-corrected chi connectivity index (χ0v) is 13.1. The first-order chi connectivity index (χ1) is 9.75. The van der Waals surface area contributed by atoms with Gasteiger partial charge < -0.3 is 4.42 Å². The maximum atomic E-state index is 12.2. The maximum absolute atomic E-state index is 12.2. The SMILES string of the molecule is CC(C)=C[C@H]1[C@@H](C(=O)NNC(=O)c2ccoc2C)C1(C)C. The average molecular weight is 290 g/mol. The minimum atomic E-state index is -0.369. The van der Waals surface area contributed by atoms with Crippen molar-refractivity contribution in [3.05, 3.63) is 35.3 Å². The largest absolute Gasteiger partial charge is 0.469 e. The number of allylic oxidation sites excluding steroid dienone is 2. The van der Waals surface area contributed by atoms with Gasteiger partial charge in [0.2, 0.25) is 5.91 Å². The molecule has 2 rings (SSSR count). The van der Waals surface area contributed by atoms with Gasteiger partial charge >= 0.3 is 0 Å². The Hall–Kier alpha value is -2.04. The van der Waals surface area contributed by atoms with E-state index >= 15 is 0 Å². The van der Waals surface area contributed by atoms with Gasteiger partial charge in [0.05, 0.1) is 17.7 Å². The predicted octanol–water partition coefficient (Wildman–Crippen LogP) is 2.59. The number of hydrazine groups is 1. The molecule has 5 heteroatoms. The molecule has 1 aliphatic carbocycles. The van der Waals surface area contributed by atoms with E-state index < -0.39 is 0 Å². The number of hydrogen-bond donors (Lipinski definition) is 2. The summed E-state index contributed by atoms with van der Waals surface area (Å²) in [5, 5.41) is 0. The monoisotopic (exact) mass is 290 g/mol. The molecular formula is C16H22N2O3. The normalized spacial score (nSPS) is 22.3. The van der Waals surface area contributed by atoms with Crippen LogP contribution in [0.25, 0.3) is 0 Å². The Morgan fingerprint density at radius 3 is 2.48 bits per heavy atom. The Kier molecular flexibility index (Phi) is 3.94. The molecule has 1 aliphatic rings. The summed E-state index contributed by atoms with van der Waals surface area (Å²) in [7, 11) is 0. The molecule has 0 bridgehead atoms. The predicted molar refractivity (Wildman–Crippen MR) is 79.2 cm³/mol. The van der Waals surface area contributed by atoms with Gasteiger partial charge in [-0.1, -0.05) is 25.5 Å². The lowest BCUT2D eigenvalue weighted by atomic mass is 10.1. The van der Waals surface area contributed by atoms with Crippen LogP contribution >= 0.6 is 0 Å². The summed E-state index contributed by atoms with van der Waals surface area (Å²) in [5.74, 6) is 0.105. The van der Waals surface area contributed by atoms with Crippen LogP contribution in [0.3, 0.4) is 0 Å². The van der Waals surface area contributed by atoms with E-state index in [4.69, 9.17) is 4.42 Å². The molecule has 0 spiro atoms. The van der Waals surface area contributed by atoms with Crippen LogP contribution in [-0.4, -0.2) is 11.8 Å². The van der Waals surface area contributed by atoms with Crippen molar-refractivity contribution in [3.63, 3.8) is 0 Å². The van der Waals surface area contributed by atoms with Gasteiger partial charge in [0.1, 0.15) is 5.76 Å². The topological polar surface area (TPSA) is 71.3 Å². The van der Waals surface area contributed by atoms with E-state index in [1.54, 1.807) is 13.0 Å². The van der Waals surface area contributed by atoms with Gasteiger partial charge in [-0.05, 0) is 38.2 Å². The van der Waals surface area contributed by atoms with Crippen molar-refractivity contribution in [2.45, 2.75) is 34.6 Å². The third kappa shape index (κ3) is 3.01. The fourth-order valence-corrected chi connectivity index (χ4v) is 2.73. The Balaban J connectivity index is 1.93. The Bertz CT molecular complexity index is 594. The quantitative estimate of drug-likeness (QED) is 0.664. The highest BCUT2D eigenvalue weighted by atomic mass is 16.3. The number of carbonyl (C=O) groups is 2. The number of hydrogen-bond acceptors (Lipinski definition) is 3. The van der Waals surface area contributed by atoms with Gasteiger partial charge in [-0.25, -0.2) is 0 Å². The van der Waals surface area contributed by atoms with Gasteiger partial charge in [0.25, 0.3) is 5.91 Å². The van der Waals surface area contributed by atoms with E-state index in [2.05, 4.69) is 30.8 Å². The molecule has 0 aliphatic heterocycles. The van der Waals surface area contributed by atoms with Crippen LogP contribution in [0.1, 0.15) is 43.8 Å². The van der Waals surface area contributed by atoms with Crippen molar-refractivity contribution < 1.29 is 14.0 Å². The Labute approximate surface area is 124 Å². The lowest BCUT2D eigenvalue weighted by molar-refractivity contribution is -0.123. The van der Waals surface area contributed by atoms with E-state index in [1.165, 1.54) is 11.8 Å². The average Bonchev–Trinajstić information content (AvgIpc) is 2.72. The van der Waals surface area contributed by atoms with Crippen molar-refractivity contribution in [2.75, 3.05) is 0 Å². The first-order valence-corrected chi connectivity index (χ1v) is 7.04. The van der Waals surface area contributed by atoms with E-state index in [-0.39, 0.29) is 29.1 Å². The molecule has 0 saturated heterocycles. The first-order valence-electron chi connectivity index (χ1n) is 7.04. The molecule has 2 amide bonds. The molecule has 2 N–H and O–H groups in total. The fourth-order valence-electron chi connectivity index (χ4n) is 2.73.